The maximum atomic E-state index is 11.9. The summed E-state index contributed by atoms with van der Waals surface area (Å²) >= 11 is 0. The highest BCUT2D eigenvalue weighted by Crippen LogP contribution is 2.54. The van der Waals surface area contributed by atoms with Crippen LogP contribution in [0.15, 0.2) is 24.3 Å². The number of hydroxylamine groups is 2. The molecule has 6 nitrogen and oxygen atoms in total. The fraction of sp³-hybridized carbons (Fsp3) is 0.438. The van der Waals surface area contributed by atoms with Crippen molar-refractivity contribution in [2.45, 2.75) is 37.7 Å². The van der Waals surface area contributed by atoms with Crippen molar-refractivity contribution in [1.82, 2.24) is 14.8 Å². The number of hydrogen-bond acceptors (Lipinski definition) is 4. The molecule has 0 spiro atoms. The molecule has 0 radical (unpaired) electrons. The van der Waals surface area contributed by atoms with Gasteiger partial charge < -0.3 is 0 Å². The van der Waals surface area contributed by atoms with Crippen LogP contribution in [-0.2, 0) is 28.1 Å². The Balaban J connectivity index is 1.57. The number of amides is 2. The van der Waals surface area contributed by atoms with Gasteiger partial charge in [0, 0.05) is 35.4 Å². The predicted octanol–water partition coefficient (Wildman–Crippen LogP) is 1.70. The minimum atomic E-state index is -0.538. The van der Waals surface area contributed by atoms with Gasteiger partial charge in [-0.1, -0.05) is 13.2 Å². The van der Waals surface area contributed by atoms with Crippen LogP contribution in [0.5, 0.6) is 0 Å². The third-order valence-corrected chi connectivity index (χ3v) is 5.01. The molecule has 2 bridgehead atoms. The molecule has 2 aliphatic carbocycles. The Morgan fingerprint density at radius 3 is 2.50 bits per heavy atom. The molecule has 2 unspecified atom stereocenters. The first kappa shape index (κ1) is 13.5. The molecular weight excluding hydrogens is 282 g/mol. The lowest BCUT2D eigenvalue weighted by Crippen LogP contribution is -2.29. The van der Waals surface area contributed by atoms with E-state index in [2.05, 4.69) is 18.3 Å². The van der Waals surface area contributed by atoms with Gasteiger partial charge in [0.2, 0.25) is 0 Å². The monoisotopic (exact) mass is 299 g/mol. The van der Waals surface area contributed by atoms with Crippen molar-refractivity contribution in [3.63, 3.8) is 0 Å². The van der Waals surface area contributed by atoms with Crippen LogP contribution >= 0.6 is 0 Å². The molecule has 1 saturated heterocycles. The first-order valence-corrected chi connectivity index (χ1v) is 7.44. The van der Waals surface area contributed by atoms with E-state index in [-0.39, 0.29) is 17.8 Å². The summed E-state index contributed by atoms with van der Waals surface area (Å²) in [4.78, 5) is 29.3. The maximum Gasteiger partial charge on any atom is 0.285 e. The lowest BCUT2D eigenvalue weighted by Gasteiger charge is -2.14. The molecule has 2 atom stereocenters. The molecule has 2 fully saturated rings. The van der Waals surface area contributed by atoms with Crippen LogP contribution in [0, 0.1) is 0 Å². The summed E-state index contributed by atoms with van der Waals surface area (Å²) in [6, 6.07) is 0. The summed E-state index contributed by atoms with van der Waals surface area (Å²) in [6.45, 7) is 7.22. The van der Waals surface area contributed by atoms with Gasteiger partial charge in [-0.3, -0.25) is 19.1 Å². The zero-order valence-corrected chi connectivity index (χ0v) is 12.5. The van der Waals surface area contributed by atoms with Crippen LogP contribution in [0.2, 0.25) is 0 Å². The smallest absolute Gasteiger partial charge is 0.272 e. The quantitative estimate of drug-likeness (QED) is 0.629. The zero-order chi connectivity index (χ0) is 15.6. The zero-order valence-electron chi connectivity index (χ0n) is 12.5. The Morgan fingerprint density at radius 1 is 1.18 bits per heavy atom. The molecule has 4 rings (SSSR count). The number of rotatable bonds is 3. The summed E-state index contributed by atoms with van der Waals surface area (Å²) in [5.41, 5.74) is 3.57. The molecule has 3 aliphatic rings. The Kier molecular flexibility index (Phi) is 2.69. The van der Waals surface area contributed by atoms with E-state index < -0.39 is 11.8 Å². The lowest BCUT2D eigenvalue weighted by atomic mass is 9.96. The number of fused-ring (bicyclic) bond motifs is 5. The maximum absolute atomic E-state index is 11.9. The highest BCUT2D eigenvalue weighted by atomic mass is 16.7. The second kappa shape index (κ2) is 4.39. The Hall–Kier alpha value is -2.21. The van der Waals surface area contributed by atoms with Gasteiger partial charge in [-0.05, 0) is 25.2 Å². The van der Waals surface area contributed by atoms with Gasteiger partial charge in [0.1, 0.15) is 6.61 Å². The summed E-state index contributed by atoms with van der Waals surface area (Å²) in [7, 11) is 1.94. The van der Waals surface area contributed by atoms with E-state index in [4.69, 9.17) is 4.84 Å². The van der Waals surface area contributed by atoms with E-state index in [1.165, 1.54) is 30.5 Å². The lowest BCUT2D eigenvalue weighted by molar-refractivity contribution is -0.189. The number of hydrogen-bond donors (Lipinski definition) is 0. The number of carbonyl (C=O) groups is 2. The van der Waals surface area contributed by atoms with E-state index in [9.17, 15) is 9.59 Å². The van der Waals surface area contributed by atoms with E-state index in [0.717, 1.165) is 10.8 Å². The number of carbonyl (C=O) groups excluding carboxylic acids is 2. The second-order valence-corrected chi connectivity index (χ2v) is 6.21. The van der Waals surface area contributed by atoms with Crippen molar-refractivity contribution in [1.29, 1.82) is 0 Å². The first-order chi connectivity index (χ1) is 10.5. The number of aromatic nitrogens is 2. The SMILES string of the molecule is C=C1C(=C)C(=O)N(OCc2nn(C)c3c2C2CCC3C2)C1=O. The van der Waals surface area contributed by atoms with Crippen molar-refractivity contribution in [2.75, 3.05) is 0 Å². The van der Waals surface area contributed by atoms with Gasteiger partial charge >= 0.3 is 0 Å². The van der Waals surface area contributed by atoms with E-state index in [1.807, 2.05) is 11.7 Å². The fourth-order valence-electron chi connectivity index (χ4n) is 3.98. The Labute approximate surface area is 128 Å². The van der Waals surface area contributed by atoms with Crippen molar-refractivity contribution >= 4 is 11.8 Å². The molecule has 1 aromatic heterocycles. The molecule has 6 heteroatoms. The highest BCUT2D eigenvalue weighted by molar-refractivity contribution is 6.23. The minimum absolute atomic E-state index is 0.0929. The third-order valence-electron chi connectivity index (χ3n) is 5.01. The standard InChI is InChI=1S/C16H17N3O3/c1-8-9(2)16(21)19(15(8)20)22-7-12-13-10-4-5-11(6-10)14(13)18(3)17-12/h10-11H,1-2,4-7H2,3H3. The van der Waals surface area contributed by atoms with Gasteiger partial charge in [-0.25, -0.2) is 0 Å². The summed E-state index contributed by atoms with van der Waals surface area (Å²) in [6.07, 6.45) is 3.59. The molecule has 1 aromatic rings. The van der Waals surface area contributed by atoms with Crippen LogP contribution in [0.4, 0.5) is 0 Å². The number of imide groups is 1. The molecule has 2 amide bonds. The van der Waals surface area contributed by atoms with Crippen molar-refractivity contribution in [3.05, 3.63) is 41.3 Å². The molecule has 1 saturated carbocycles. The molecule has 1 aliphatic heterocycles. The number of nitrogens with zero attached hydrogens (tertiary/aromatic N) is 3. The molecule has 114 valence electrons. The highest BCUT2D eigenvalue weighted by Gasteiger charge is 2.43. The number of aryl methyl sites for hydroxylation is 1. The molecule has 0 aromatic carbocycles. The van der Waals surface area contributed by atoms with E-state index in [0.29, 0.717) is 11.8 Å². The largest absolute Gasteiger partial charge is 0.285 e. The molecule has 2 heterocycles. The van der Waals surface area contributed by atoms with Crippen molar-refractivity contribution in [2.24, 2.45) is 7.05 Å². The molecule has 22 heavy (non-hydrogen) atoms. The van der Waals surface area contributed by atoms with Gasteiger partial charge in [-0.15, -0.1) is 5.06 Å². The third kappa shape index (κ3) is 1.61. The van der Waals surface area contributed by atoms with Gasteiger partial charge in [0.25, 0.3) is 11.8 Å². The normalized spacial score (nSPS) is 26.5. The Bertz CT molecular complexity index is 720. The van der Waals surface area contributed by atoms with Crippen molar-refractivity contribution in [3.8, 4) is 0 Å². The van der Waals surface area contributed by atoms with Crippen LogP contribution in [-0.4, -0.2) is 26.7 Å². The van der Waals surface area contributed by atoms with Gasteiger partial charge in [0.05, 0.1) is 5.69 Å². The topological polar surface area (TPSA) is 64.4 Å². The fourth-order valence-corrected chi connectivity index (χ4v) is 3.98. The van der Waals surface area contributed by atoms with Crippen LogP contribution in [0.3, 0.4) is 0 Å². The van der Waals surface area contributed by atoms with Crippen molar-refractivity contribution < 1.29 is 14.4 Å². The van der Waals surface area contributed by atoms with Crippen LogP contribution in [0.1, 0.15) is 48.0 Å². The van der Waals surface area contributed by atoms with E-state index in [1.54, 1.807) is 0 Å². The summed E-state index contributed by atoms with van der Waals surface area (Å²) in [5.74, 6) is 0.0660. The second-order valence-electron chi connectivity index (χ2n) is 6.21. The van der Waals surface area contributed by atoms with Crippen LogP contribution < -0.4 is 0 Å². The average Bonchev–Trinajstić information content (AvgIpc) is 3.22. The summed E-state index contributed by atoms with van der Waals surface area (Å²) < 4.78 is 1.92. The molecular formula is C16H17N3O3. The summed E-state index contributed by atoms with van der Waals surface area (Å²) in [5, 5.41) is 5.27. The molecule has 0 N–H and O–H groups in total. The minimum Gasteiger partial charge on any atom is -0.272 e. The average molecular weight is 299 g/mol. The van der Waals surface area contributed by atoms with E-state index >= 15 is 0 Å². The van der Waals surface area contributed by atoms with Crippen LogP contribution in [0.25, 0.3) is 0 Å². The first-order valence-electron chi connectivity index (χ1n) is 7.44. The van der Waals surface area contributed by atoms with Gasteiger partial charge in [-0.2, -0.15) is 5.10 Å². The van der Waals surface area contributed by atoms with Gasteiger partial charge in [0.15, 0.2) is 0 Å². The Morgan fingerprint density at radius 2 is 1.82 bits per heavy atom. The predicted molar refractivity (Wildman–Crippen MR) is 77.5 cm³/mol.